The van der Waals surface area contributed by atoms with E-state index in [9.17, 15) is 14.7 Å². The monoisotopic (exact) mass is 575 g/mol. The van der Waals surface area contributed by atoms with Gasteiger partial charge in [-0.15, -0.1) is 0 Å². The van der Waals surface area contributed by atoms with Crippen LogP contribution in [-0.4, -0.2) is 74.6 Å². The van der Waals surface area contributed by atoms with E-state index >= 15 is 0 Å². The Morgan fingerprint density at radius 1 is 1.19 bits per heavy atom. The molecule has 0 bridgehead atoms. The van der Waals surface area contributed by atoms with Crippen LogP contribution in [0.25, 0.3) is 33.5 Å². The molecule has 1 aliphatic rings. The maximum absolute atomic E-state index is 13.7. The Kier molecular flexibility index (Phi) is 8.19. The number of likely N-dealkylation sites (tertiary alicyclic amines) is 1. The van der Waals surface area contributed by atoms with Crippen molar-refractivity contribution in [1.82, 2.24) is 24.3 Å². The summed E-state index contributed by atoms with van der Waals surface area (Å²) in [6.45, 7) is 9.20. The molecule has 0 aliphatic carbocycles. The van der Waals surface area contributed by atoms with E-state index in [0.717, 1.165) is 40.8 Å². The molecule has 1 fully saturated rings. The van der Waals surface area contributed by atoms with E-state index in [1.165, 1.54) is 0 Å². The number of hydrogen-bond donors (Lipinski definition) is 2. The zero-order valence-corrected chi connectivity index (χ0v) is 25.3. The van der Waals surface area contributed by atoms with E-state index in [1.54, 1.807) is 18.1 Å². The maximum atomic E-state index is 13.7. The largest absolute Gasteiger partial charge is 0.494 e. The van der Waals surface area contributed by atoms with Crippen LogP contribution in [0.15, 0.2) is 42.5 Å². The summed E-state index contributed by atoms with van der Waals surface area (Å²) in [4.78, 5) is 32.8. The molecular weight excluding hydrogens is 534 g/mol. The van der Waals surface area contributed by atoms with Gasteiger partial charge in [-0.3, -0.25) is 4.79 Å². The van der Waals surface area contributed by atoms with E-state index in [0.29, 0.717) is 36.5 Å². The number of hydrogen-bond acceptors (Lipinski definition) is 6. The summed E-state index contributed by atoms with van der Waals surface area (Å²) in [5.41, 5.74) is 3.34. The number of aromatic nitrogens is 3. The first kappa shape index (κ1) is 29.4. The van der Waals surface area contributed by atoms with Crippen LogP contribution < -0.4 is 10.1 Å². The lowest BCUT2D eigenvalue weighted by Crippen LogP contribution is -2.50. The molecule has 4 aromatic rings. The Hall–Kier alpha value is -4.05. The molecule has 42 heavy (non-hydrogen) atoms. The molecule has 1 unspecified atom stereocenters. The molecule has 2 aromatic heterocycles. The number of aliphatic hydroxyl groups is 1. The molecule has 2 amide bonds. The van der Waals surface area contributed by atoms with Crippen molar-refractivity contribution in [1.29, 1.82) is 0 Å². The summed E-state index contributed by atoms with van der Waals surface area (Å²) < 4.78 is 15.4. The van der Waals surface area contributed by atoms with Gasteiger partial charge < -0.3 is 33.9 Å². The van der Waals surface area contributed by atoms with Crippen LogP contribution in [0.5, 0.6) is 5.75 Å². The summed E-state index contributed by atoms with van der Waals surface area (Å²) in [6, 6.07) is 13.7. The molecule has 10 nitrogen and oxygen atoms in total. The molecule has 0 saturated carbocycles. The lowest BCUT2D eigenvalue weighted by atomic mass is 10.0. The Balaban J connectivity index is 1.48. The molecule has 0 spiro atoms. The molecule has 2 N–H and O–H groups in total. The van der Waals surface area contributed by atoms with Gasteiger partial charge in [0.25, 0.3) is 5.91 Å². The number of carbonyl (C=O) groups is 2. The third kappa shape index (κ3) is 5.94. The smallest absolute Gasteiger partial charge is 0.407 e. The minimum absolute atomic E-state index is 0.0613. The van der Waals surface area contributed by atoms with E-state index < -0.39 is 11.7 Å². The van der Waals surface area contributed by atoms with Crippen molar-refractivity contribution in [3.63, 3.8) is 0 Å². The fraction of sp³-hybridized carbons (Fsp3) is 0.469. The Morgan fingerprint density at radius 3 is 2.67 bits per heavy atom. The predicted octanol–water partition coefficient (Wildman–Crippen LogP) is 4.96. The summed E-state index contributed by atoms with van der Waals surface area (Å²) in [6.07, 6.45) is 1.07. The number of aryl methyl sites for hydroxylation is 1. The topological polar surface area (TPSA) is 111 Å². The summed E-state index contributed by atoms with van der Waals surface area (Å²) in [5, 5.41) is 13.8. The van der Waals surface area contributed by atoms with Crippen LogP contribution in [0, 0.1) is 5.92 Å². The van der Waals surface area contributed by atoms with E-state index in [1.807, 2.05) is 57.5 Å². The third-order valence-electron chi connectivity index (χ3n) is 7.68. The van der Waals surface area contributed by atoms with Gasteiger partial charge >= 0.3 is 6.09 Å². The van der Waals surface area contributed by atoms with Gasteiger partial charge in [-0.1, -0.05) is 25.1 Å². The number of fused-ring (bicyclic) bond motifs is 2. The molecule has 10 heteroatoms. The average Bonchev–Trinajstić information content (AvgIpc) is 3.48. The van der Waals surface area contributed by atoms with Crippen LogP contribution in [0.4, 0.5) is 4.79 Å². The number of nitrogens with zero attached hydrogens (tertiary/aromatic N) is 4. The van der Waals surface area contributed by atoms with Crippen LogP contribution in [0.3, 0.4) is 0 Å². The molecule has 224 valence electrons. The van der Waals surface area contributed by atoms with Crippen molar-refractivity contribution in [2.24, 2.45) is 13.0 Å². The molecule has 3 heterocycles. The summed E-state index contributed by atoms with van der Waals surface area (Å²) in [5.74, 6) is 1.23. The lowest BCUT2D eigenvalue weighted by molar-refractivity contribution is 0.0452. The third-order valence-corrected chi connectivity index (χ3v) is 7.68. The standard InChI is InChI=1S/C32H41N5O5/c1-20(19-38)17-37-25-12-8-7-10-21(25)15-26(37)29-34-24-14-22(16-27(41-6)28(24)35(29)5)30(39)36-13-9-11-23(18-36)33-31(40)42-32(2,3)4/h7-8,10,12,14-16,20,23,38H,9,11,13,17-19H2,1-6H3,(H,33,40)/t20?,23-/m1/s1. The number of alkyl carbamates (subject to hydrolysis) is 1. The second-order valence-corrected chi connectivity index (χ2v) is 12.3. The van der Waals surface area contributed by atoms with Crippen LogP contribution in [0.2, 0.25) is 0 Å². The second-order valence-electron chi connectivity index (χ2n) is 12.3. The zero-order valence-electron chi connectivity index (χ0n) is 25.3. The number of piperidine rings is 1. The Morgan fingerprint density at radius 2 is 1.95 bits per heavy atom. The zero-order chi connectivity index (χ0) is 30.2. The molecule has 1 saturated heterocycles. The normalized spacial score (nSPS) is 16.5. The van der Waals surface area contributed by atoms with Crippen molar-refractivity contribution in [2.45, 2.75) is 58.7 Å². The first-order valence-corrected chi connectivity index (χ1v) is 14.5. The fourth-order valence-electron chi connectivity index (χ4n) is 5.72. The van der Waals surface area contributed by atoms with Crippen LogP contribution >= 0.6 is 0 Å². The highest BCUT2D eigenvalue weighted by molar-refractivity contribution is 6.00. The van der Waals surface area contributed by atoms with Crippen molar-refractivity contribution < 1.29 is 24.2 Å². The number of rotatable bonds is 7. The van der Waals surface area contributed by atoms with Gasteiger partial charge in [0.2, 0.25) is 0 Å². The average molecular weight is 576 g/mol. The van der Waals surface area contributed by atoms with E-state index in [4.69, 9.17) is 14.5 Å². The number of benzene rings is 2. The lowest BCUT2D eigenvalue weighted by Gasteiger charge is -2.33. The van der Waals surface area contributed by atoms with Crippen molar-refractivity contribution in [2.75, 3.05) is 26.8 Å². The first-order valence-electron chi connectivity index (χ1n) is 14.5. The number of amides is 2. The van der Waals surface area contributed by atoms with Gasteiger partial charge in [-0.2, -0.15) is 0 Å². The highest BCUT2D eigenvalue weighted by atomic mass is 16.6. The first-order chi connectivity index (χ1) is 20.0. The second kappa shape index (κ2) is 11.7. The number of nitrogens with one attached hydrogen (secondary N) is 1. The molecule has 2 atom stereocenters. The number of ether oxygens (including phenoxy) is 2. The van der Waals surface area contributed by atoms with Crippen molar-refractivity contribution in [3.05, 3.63) is 48.0 Å². The van der Waals surface area contributed by atoms with Gasteiger partial charge in [0.15, 0.2) is 5.82 Å². The van der Waals surface area contributed by atoms with Gasteiger partial charge in [0.05, 0.1) is 18.3 Å². The molecule has 1 aliphatic heterocycles. The quantitative estimate of drug-likeness (QED) is 0.322. The number of aliphatic hydroxyl groups excluding tert-OH is 1. The molecule has 2 aromatic carbocycles. The molecular formula is C32H41N5O5. The highest BCUT2D eigenvalue weighted by Crippen LogP contribution is 2.35. The van der Waals surface area contributed by atoms with Crippen LogP contribution in [-0.2, 0) is 18.3 Å². The van der Waals surface area contributed by atoms with Crippen LogP contribution in [0.1, 0.15) is 50.9 Å². The molecule has 5 rings (SSSR count). The van der Waals surface area contributed by atoms with Gasteiger partial charge in [-0.05, 0) is 63.8 Å². The SMILES string of the molecule is COc1cc(C(=O)N2CCC[C@@H](NC(=O)OC(C)(C)C)C2)cc2nc(-c3cc4ccccc4n3CC(C)CO)n(C)c12. The van der Waals surface area contributed by atoms with Crippen molar-refractivity contribution >= 4 is 33.9 Å². The minimum atomic E-state index is -0.590. The number of para-hydroxylation sites is 1. The summed E-state index contributed by atoms with van der Waals surface area (Å²) in [7, 11) is 3.54. The Labute approximate surface area is 246 Å². The number of carbonyl (C=O) groups excluding carboxylic acids is 2. The maximum Gasteiger partial charge on any atom is 0.407 e. The number of imidazole rings is 1. The van der Waals surface area contributed by atoms with Crippen molar-refractivity contribution in [3.8, 4) is 17.3 Å². The van der Waals surface area contributed by atoms with Gasteiger partial charge in [0, 0.05) is 55.8 Å². The molecule has 0 radical (unpaired) electrons. The van der Waals surface area contributed by atoms with Gasteiger partial charge in [-0.25, -0.2) is 9.78 Å². The number of methoxy groups -OCH3 is 1. The predicted molar refractivity (Wildman–Crippen MR) is 163 cm³/mol. The summed E-state index contributed by atoms with van der Waals surface area (Å²) >= 11 is 0. The van der Waals surface area contributed by atoms with E-state index in [2.05, 4.69) is 28.1 Å². The Bertz CT molecular complexity index is 1620. The van der Waals surface area contributed by atoms with E-state index in [-0.39, 0.29) is 24.5 Å². The fourth-order valence-corrected chi connectivity index (χ4v) is 5.72. The minimum Gasteiger partial charge on any atom is -0.494 e. The van der Waals surface area contributed by atoms with Gasteiger partial charge in [0.1, 0.15) is 16.9 Å². The highest BCUT2D eigenvalue weighted by Gasteiger charge is 2.29.